The van der Waals surface area contributed by atoms with Gasteiger partial charge in [-0.1, -0.05) is 43.4 Å². The maximum atomic E-state index is 12.5. The van der Waals surface area contributed by atoms with Crippen molar-refractivity contribution in [3.05, 3.63) is 22.0 Å². The Morgan fingerprint density at radius 3 is 2.92 bits per heavy atom. The molecule has 1 fully saturated rings. The lowest BCUT2D eigenvalue weighted by atomic mass is 9.87. The van der Waals surface area contributed by atoms with Crippen LogP contribution in [0.1, 0.15) is 58.9 Å². The van der Waals surface area contributed by atoms with E-state index in [0.717, 1.165) is 41.6 Å². The smallest absolute Gasteiger partial charge is 0.278 e. The van der Waals surface area contributed by atoms with Crippen LogP contribution in [0.2, 0.25) is 0 Å². The fraction of sp³-hybridized carbons (Fsp3) is 0.625. The summed E-state index contributed by atoms with van der Waals surface area (Å²) in [6.45, 7) is 1.59. The largest absolute Gasteiger partial charge is 0.312 e. The zero-order valence-corrected chi connectivity index (χ0v) is 15.6. The first-order chi connectivity index (χ1) is 11.8. The lowest BCUT2D eigenvalue weighted by Gasteiger charge is -2.19. The highest BCUT2D eigenvalue weighted by Gasteiger charge is 2.23. The van der Waals surface area contributed by atoms with E-state index in [9.17, 15) is 4.79 Å². The molecule has 2 aliphatic rings. The van der Waals surface area contributed by atoms with Gasteiger partial charge in [-0.05, 0) is 5.92 Å². The minimum atomic E-state index is -0.212. The summed E-state index contributed by atoms with van der Waals surface area (Å²) in [5.74, 6) is 0.510. The van der Waals surface area contributed by atoms with Gasteiger partial charge in [-0.2, -0.15) is 5.10 Å². The standard InChI is InChI=1S/C16H22N6OS.ClH/c23-15(14-11-9-17-7-6-12(11)19-21-14)18-16-22-20-13(24-16)8-10-4-2-1-3-5-10;/h10,17H,1-9H2,(H,19,21)(H,18,22,23);1H. The van der Waals surface area contributed by atoms with E-state index in [2.05, 4.69) is 31.0 Å². The van der Waals surface area contributed by atoms with Crippen LogP contribution in [0.5, 0.6) is 0 Å². The highest BCUT2D eigenvalue weighted by atomic mass is 35.5. The molecule has 136 valence electrons. The van der Waals surface area contributed by atoms with Crippen molar-refractivity contribution in [1.82, 2.24) is 25.7 Å². The van der Waals surface area contributed by atoms with E-state index < -0.39 is 0 Å². The topological polar surface area (TPSA) is 95.6 Å². The Kier molecular flexibility index (Phi) is 6.03. The second-order valence-corrected chi connectivity index (χ2v) is 7.68. The number of nitrogens with one attached hydrogen (secondary N) is 3. The Labute approximate surface area is 156 Å². The van der Waals surface area contributed by atoms with Crippen LogP contribution >= 0.6 is 23.7 Å². The van der Waals surface area contributed by atoms with Crippen LogP contribution in [0.4, 0.5) is 5.13 Å². The summed E-state index contributed by atoms with van der Waals surface area (Å²) in [6, 6.07) is 0. The first-order valence-corrected chi connectivity index (χ1v) is 9.52. The Morgan fingerprint density at radius 2 is 2.08 bits per heavy atom. The zero-order chi connectivity index (χ0) is 16.4. The number of aromatic amines is 1. The third-order valence-electron chi connectivity index (χ3n) is 4.90. The number of rotatable bonds is 4. The minimum absolute atomic E-state index is 0. The highest BCUT2D eigenvalue weighted by Crippen LogP contribution is 2.28. The van der Waals surface area contributed by atoms with Crippen molar-refractivity contribution < 1.29 is 4.79 Å². The van der Waals surface area contributed by atoms with Gasteiger partial charge in [0.2, 0.25) is 5.13 Å². The summed E-state index contributed by atoms with van der Waals surface area (Å²) < 4.78 is 0. The van der Waals surface area contributed by atoms with E-state index in [4.69, 9.17) is 0 Å². The minimum Gasteiger partial charge on any atom is -0.312 e. The molecule has 4 rings (SSSR count). The summed E-state index contributed by atoms with van der Waals surface area (Å²) in [4.78, 5) is 12.5. The monoisotopic (exact) mass is 382 g/mol. The first-order valence-electron chi connectivity index (χ1n) is 8.70. The molecular weight excluding hydrogens is 360 g/mol. The number of anilines is 1. The molecule has 1 saturated carbocycles. The molecule has 2 aromatic rings. The second kappa shape index (κ2) is 8.25. The number of hydrogen-bond acceptors (Lipinski definition) is 6. The molecule has 1 aliphatic heterocycles. The van der Waals surface area contributed by atoms with Gasteiger partial charge in [-0.3, -0.25) is 15.2 Å². The summed E-state index contributed by atoms with van der Waals surface area (Å²) in [5.41, 5.74) is 2.47. The van der Waals surface area contributed by atoms with E-state index in [1.54, 1.807) is 0 Å². The highest BCUT2D eigenvalue weighted by molar-refractivity contribution is 7.15. The van der Waals surface area contributed by atoms with Crippen molar-refractivity contribution in [2.75, 3.05) is 11.9 Å². The molecule has 0 saturated heterocycles. The molecule has 9 heteroatoms. The van der Waals surface area contributed by atoms with E-state index in [-0.39, 0.29) is 18.3 Å². The Hall–Kier alpha value is -1.51. The van der Waals surface area contributed by atoms with E-state index in [0.29, 0.717) is 17.4 Å². The second-order valence-electron chi connectivity index (χ2n) is 6.62. The predicted octanol–water partition coefficient (Wildman–Crippen LogP) is 2.70. The third-order valence-corrected chi connectivity index (χ3v) is 5.76. The number of amides is 1. The van der Waals surface area contributed by atoms with E-state index in [1.807, 2.05) is 0 Å². The molecule has 0 spiro atoms. The average Bonchev–Trinajstić information content (AvgIpc) is 3.22. The quantitative estimate of drug-likeness (QED) is 0.755. The van der Waals surface area contributed by atoms with Gasteiger partial charge in [-0.15, -0.1) is 22.6 Å². The van der Waals surface area contributed by atoms with Gasteiger partial charge in [0.25, 0.3) is 5.91 Å². The number of nitrogens with zero attached hydrogens (tertiary/aromatic N) is 3. The van der Waals surface area contributed by atoms with Gasteiger partial charge in [0, 0.05) is 37.2 Å². The predicted molar refractivity (Wildman–Crippen MR) is 99.4 cm³/mol. The normalized spacial score (nSPS) is 17.6. The summed E-state index contributed by atoms with van der Waals surface area (Å²) in [6.07, 6.45) is 8.43. The number of H-pyrrole nitrogens is 1. The molecule has 0 radical (unpaired) electrons. The fourth-order valence-corrected chi connectivity index (χ4v) is 4.44. The number of carbonyl (C=O) groups is 1. The van der Waals surface area contributed by atoms with Crippen molar-refractivity contribution in [2.45, 2.75) is 51.5 Å². The fourth-order valence-electron chi connectivity index (χ4n) is 3.59. The number of aromatic nitrogens is 4. The molecule has 0 aromatic carbocycles. The molecule has 25 heavy (non-hydrogen) atoms. The van der Waals surface area contributed by atoms with Gasteiger partial charge in [0.15, 0.2) is 5.69 Å². The summed E-state index contributed by atoms with van der Waals surface area (Å²) in [5, 5.41) is 23.2. The van der Waals surface area contributed by atoms with Crippen LogP contribution < -0.4 is 10.6 Å². The number of halogens is 1. The molecule has 2 aromatic heterocycles. The van der Waals surface area contributed by atoms with E-state index in [1.165, 1.54) is 43.4 Å². The van der Waals surface area contributed by atoms with E-state index >= 15 is 0 Å². The lowest BCUT2D eigenvalue weighted by Crippen LogP contribution is -2.25. The molecule has 3 N–H and O–H groups in total. The molecule has 0 bridgehead atoms. The van der Waals surface area contributed by atoms with Crippen molar-refractivity contribution in [3.8, 4) is 0 Å². The SMILES string of the molecule is Cl.O=C(Nc1nnc(CC2CCCCC2)s1)c1n[nH]c2c1CNCC2. The molecule has 0 atom stereocenters. The molecular formula is C16H23ClN6OS. The zero-order valence-electron chi connectivity index (χ0n) is 14.0. The van der Waals surface area contributed by atoms with Crippen LogP contribution in [0.3, 0.4) is 0 Å². The molecule has 1 aliphatic carbocycles. The molecule has 7 nitrogen and oxygen atoms in total. The van der Waals surface area contributed by atoms with Crippen LogP contribution in [-0.2, 0) is 19.4 Å². The first kappa shape index (κ1) is 18.3. The van der Waals surface area contributed by atoms with Gasteiger partial charge in [0.1, 0.15) is 5.01 Å². The molecule has 0 unspecified atom stereocenters. The van der Waals surface area contributed by atoms with Crippen LogP contribution in [0.15, 0.2) is 0 Å². The third kappa shape index (κ3) is 4.19. The van der Waals surface area contributed by atoms with Crippen LogP contribution in [-0.4, -0.2) is 32.8 Å². The average molecular weight is 383 g/mol. The summed E-state index contributed by atoms with van der Waals surface area (Å²) >= 11 is 1.48. The lowest BCUT2D eigenvalue weighted by molar-refractivity contribution is 0.102. The Morgan fingerprint density at radius 1 is 1.24 bits per heavy atom. The maximum absolute atomic E-state index is 12.5. The molecule has 1 amide bonds. The number of fused-ring (bicyclic) bond motifs is 1. The summed E-state index contributed by atoms with van der Waals surface area (Å²) in [7, 11) is 0. The van der Waals surface area contributed by atoms with Gasteiger partial charge < -0.3 is 5.32 Å². The molecule has 3 heterocycles. The van der Waals surface area contributed by atoms with Gasteiger partial charge >= 0.3 is 0 Å². The van der Waals surface area contributed by atoms with Gasteiger partial charge in [0.05, 0.1) is 0 Å². The maximum Gasteiger partial charge on any atom is 0.278 e. The van der Waals surface area contributed by atoms with Crippen LogP contribution in [0, 0.1) is 5.92 Å². The van der Waals surface area contributed by atoms with Crippen molar-refractivity contribution in [1.29, 1.82) is 0 Å². The number of carbonyl (C=O) groups excluding carboxylic acids is 1. The Bertz CT molecular complexity index is 724. The number of hydrogen-bond donors (Lipinski definition) is 3. The van der Waals surface area contributed by atoms with Crippen molar-refractivity contribution in [2.24, 2.45) is 5.92 Å². The van der Waals surface area contributed by atoms with Crippen molar-refractivity contribution in [3.63, 3.8) is 0 Å². The Balaban J connectivity index is 0.00000182. The van der Waals surface area contributed by atoms with Crippen molar-refractivity contribution >= 4 is 34.8 Å². The van der Waals surface area contributed by atoms with Crippen LogP contribution in [0.25, 0.3) is 0 Å². The van der Waals surface area contributed by atoms with Gasteiger partial charge in [-0.25, -0.2) is 0 Å².